The molecule has 1 aliphatic rings. The van der Waals surface area contributed by atoms with E-state index in [-0.39, 0.29) is 11.5 Å². The lowest BCUT2D eigenvalue weighted by Gasteiger charge is -2.26. The largest absolute Gasteiger partial charge is 0.355 e. The van der Waals surface area contributed by atoms with Gasteiger partial charge in [-0.05, 0) is 6.92 Å². The summed E-state index contributed by atoms with van der Waals surface area (Å²) in [6.45, 7) is 2.82. The second-order valence-electron chi connectivity index (χ2n) is 4.35. The summed E-state index contributed by atoms with van der Waals surface area (Å²) in [7, 11) is 5.60. The van der Waals surface area contributed by atoms with Crippen LogP contribution in [-0.4, -0.2) is 53.7 Å². The lowest BCUT2D eigenvalue weighted by Crippen LogP contribution is -2.42. The molecule has 0 unspecified atom stereocenters. The van der Waals surface area contributed by atoms with Gasteiger partial charge >= 0.3 is 0 Å². The number of hydrogen-bond donors (Lipinski definition) is 0. The van der Waals surface area contributed by atoms with Crippen LogP contribution in [0, 0.1) is 0 Å². The van der Waals surface area contributed by atoms with Gasteiger partial charge in [0.2, 0.25) is 0 Å². The second-order valence-corrected chi connectivity index (χ2v) is 6.10. The molecule has 1 saturated heterocycles. The van der Waals surface area contributed by atoms with E-state index in [9.17, 15) is 4.21 Å². The Hall–Kier alpha value is 0.0700. The third-order valence-corrected chi connectivity index (χ3v) is 3.41. The fourth-order valence-corrected chi connectivity index (χ4v) is 2.50. The minimum absolute atomic E-state index is 0.0680. The highest BCUT2D eigenvalue weighted by atomic mass is 32.2. The molecule has 0 bridgehead atoms. The van der Waals surface area contributed by atoms with E-state index in [2.05, 4.69) is 21.1 Å². The molecule has 0 aromatic rings. The zero-order valence-corrected chi connectivity index (χ0v) is 9.06. The van der Waals surface area contributed by atoms with Crippen molar-refractivity contribution >= 4 is 10.8 Å². The molecular weight excluding hydrogens is 174 g/mol. The molecule has 72 valence electrons. The van der Waals surface area contributed by atoms with Gasteiger partial charge in [-0.2, -0.15) is 0 Å². The fourth-order valence-electron chi connectivity index (χ4n) is 1.40. The average molecular weight is 192 g/mol. The molecule has 0 N–H and O–H groups in total. The van der Waals surface area contributed by atoms with Crippen molar-refractivity contribution in [2.45, 2.75) is 18.5 Å². The molecule has 1 heterocycles. The SMILES string of the molecule is C[C@H]1O[C@H](C[N+](C)(C)C)C[S@]1=O. The first-order chi connectivity index (χ1) is 5.38. The maximum Gasteiger partial charge on any atom is 0.130 e. The van der Waals surface area contributed by atoms with E-state index in [4.69, 9.17) is 4.74 Å². The van der Waals surface area contributed by atoms with Gasteiger partial charge in [-0.15, -0.1) is 0 Å². The Morgan fingerprint density at radius 3 is 2.42 bits per heavy atom. The van der Waals surface area contributed by atoms with Crippen LogP contribution in [0.3, 0.4) is 0 Å². The molecule has 0 saturated carbocycles. The van der Waals surface area contributed by atoms with E-state index < -0.39 is 10.8 Å². The molecule has 0 aromatic heterocycles. The van der Waals surface area contributed by atoms with Crippen LogP contribution < -0.4 is 0 Å². The smallest absolute Gasteiger partial charge is 0.130 e. The first-order valence-electron chi connectivity index (χ1n) is 4.21. The quantitative estimate of drug-likeness (QED) is 0.584. The van der Waals surface area contributed by atoms with Crippen LogP contribution in [0.1, 0.15) is 6.92 Å². The van der Waals surface area contributed by atoms with Crippen LogP contribution in [0.2, 0.25) is 0 Å². The standard InChI is InChI=1S/C8H18NO2S/c1-7-11-8(6-12(7)10)5-9(2,3)4/h7-8H,5-6H2,1-4H3/q+1/t7-,8+,12+/m0/s1. The number of likely N-dealkylation sites (N-methyl/N-ethyl adjacent to an activating group) is 1. The van der Waals surface area contributed by atoms with Gasteiger partial charge < -0.3 is 9.22 Å². The van der Waals surface area contributed by atoms with Crippen molar-refractivity contribution in [3.63, 3.8) is 0 Å². The highest BCUT2D eigenvalue weighted by Gasteiger charge is 2.32. The normalized spacial score (nSPS) is 37.2. The minimum atomic E-state index is -0.765. The fraction of sp³-hybridized carbons (Fsp3) is 1.00. The van der Waals surface area contributed by atoms with Crippen LogP contribution in [0.4, 0.5) is 0 Å². The van der Waals surface area contributed by atoms with Crippen molar-refractivity contribution < 1.29 is 13.4 Å². The van der Waals surface area contributed by atoms with Crippen molar-refractivity contribution in [1.82, 2.24) is 0 Å². The predicted molar refractivity (Wildman–Crippen MR) is 50.2 cm³/mol. The molecule has 3 atom stereocenters. The number of ether oxygens (including phenoxy) is 1. The van der Waals surface area contributed by atoms with E-state index in [1.165, 1.54) is 0 Å². The Kier molecular flexibility index (Phi) is 2.91. The Balaban J connectivity index is 2.43. The summed E-state index contributed by atoms with van der Waals surface area (Å²) in [5.74, 6) is 0.705. The maximum atomic E-state index is 11.2. The second kappa shape index (κ2) is 3.44. The lowest BCUT2D eigenvalue weighted by molar-refractivity contribution is -0.873. The topological polar surface area (TPSA) is 26.3 Å². The highest BCUT2D eigenvalue weighted by Crippen LogP contribution is 2.16. The molecule has 0 radical (unpaired) electrons. The minimum Gasteiger partial charge on any atom is -0.355 e. The Morgan fingerprint density at radius 1 is 1.50 bits per heavy atom. The Bertz CT molecular complexity index is 188. The van der Waals surface area contributed by atoms with Gasteiger partial charge in [0, 0.05) is 0 Å². The Labute approximate surface area is 76.7 Å². The summed E-state index contributed by atoms with van der Waals surface area (Å²) in [6, 6.07) is 0. The van der Waals surface area contributed by atoms with Gasteiger partial charge in [-0.1, -0.05) is 0 Å². The molecule has 1 rings (SSSR count). The molecule has 0 aliphatic carbocycles. The summed E-state index contributed by atoms with van der Waals surface area (Å²) in [4.78, 5) is 0. The molecule has 0 spiro atoms. The van der Waals surface area contributed by atoms with Crippen LogP contribution >= 0.6 is 0 Å². The van der Waals surface area contributed by atoms with Crippen LogP contribution in [-0.2, 0) is 15.5 Å². The molecule has 3 nitrogen and oxygen atoms in total. The maximum absolute atomic E-state index is 11.2. The van der Waals surface area contributed by atoms with E-state index >= 15 is 0 Å². The van der Waals surface area contributed by atoms with Gasteiger partial charge in [-0.25, -0.2) is 0 Å². The van der Waals surface area contributed by atoms with E-state index in [1.807, 2.05) is 6.92 Å². The van der Waals surface area contributed by atoms with Crippen molar-refractivity contribution in [2.24, 2.45) is 0 Å². The molecule has 0 aromatic carbocycles. The van der Waals surface area contributed by atoms with Gasteiger partial charge in [0.25, 0.3) is 0 Å². The van der Waals surface area contributed by atoms with Crippen molar-refractivity contribution in [3.8, 4) is 0 Å². The first kappa shape index (κ1) is 10.2. The van der Waals surface area contributed by atoms with Gasteiger partial charge in [0.1, 0.15) is 18.1 Å². The summed E-state index contributed by atoms with van der Waals surface area (Å²) in [5.41, 5.74) is -0.0680. The molecule has 12 heavy (non-hydrogen) atoms. The van der Waals surface area contributed by atoms with Crippen molar-refractivity contribution in [2.75, 3.05) is 33.4 Å². The molecule has 1 fully saturated rings. The Morgan fingerprint density at radius 2 is 2.08 bits per heavy atom. The van der Waals surface area contributed by atoms with Crippen LogP contribution in [0.25, 0.3) is 0 Å². The lowest BCUT2D eigenvalue weighted by atomic mass is 10.3. The summed E-state index contributed by atoms with van der Waals surface area (Å²) in [5, 5.41) is 0. The van der Waals surface area contributed by atoms with Gasteiger partial charge in [0.05, 0.1) is 37.7 Å². The predicted octanol–water partition coefficient (Wildman–Crippen LogP) is 0.186. The third-order valence-electron chi connectivity index (χ3n) is 1.86. The number of quaternary nitrogens is 1. The van der Waals surface area contributed by atoms with E-state index in [0.717, 1.165) is 11.0 Å². The number of rotatable bonds is 2. The molecular formula is C8H18NO2S+. The van der Waals surface area contributed by atoms with E-state index in [1.54, 1.807) is 0 Å². The summed E-state index contributed by atoms with van der Waals surface area (Å²) < 4.78 is 17.7. The highest BCUT2D eigenvalue weighted by molar-refractivity contribution is 7.85. The average Bonchev–Trinajstić information content (AvgIpc) is 2.07. The first-order valence-corrected chi connectivity index (χ1v) is 5.60. The third kappa shape index (κ3) is 2.84. The molecule has 1 aliphatic heterocycles. The van der Waals surface area contributed by atoms with E-state index in [0.29, 0.717) is 5.75 Å². The molecule has 4 heteroatoms. The summed E-state index contributed by atoms with van der Waals surface area (Å²) >= 11 is 0. The van der Waals surface area contributed by atoms with Crippen LogP contribution in [0.15, 0.2) is 0 Å². The summed E-state index contributed by atoms with van der Waals surface area (Å²) in [6.07, 6.45) is 0.181. The zero-order valence-electron chi connectivity index (χ0n) is 8.24. The zero-order chi connectivity index (χ0) is 9.35. The van der Waals surface area contributed by atoms with Gasteiger partial charge in [0.15, 0.2) is 0 Å². The monoisotopic (exact) mass is 192 g/mol. The molecule has 0 amide bonds. The number of hydrogen-bond acceptors (Lipinski definition) is 2. The van der Waals surface area contributed by atoms with Gasteiger partial charge in [-0.3, -0.25) is 4.21 Å². The van der Waals surface area contributed by atoms with Crippen LogP contribution in [0.5, 0.6) is 0 Å². The van der Waals surface area contributed by atoms with Crippen molar-refractivity contribution in [1.29, 1.82) is 0 Å². The van der Waals surface area contributed by atoms with Crippen molar-refractivity contribution in [3.05, 3.63) is 0 Å². The number of nitrogens with zero attached hydrogens (tertiary/aromatic N) is 1.